The molecule has 2 heterocycles. The van der Waals surface area contributed by atoms with E-state index in [2.05, 4.69) is 27.7 Å². The molecule has 39 heavy (non-hydrogen) atoms. The van der Waals surface area contributed by atoms with Crippen LogP contribution in [0, 0.1) is 5.92 Å². The second-order valence-electron chi connectivity index (χ2n) is 9.66. The number of ether oxygens (including phenoxy) is 2. The molecular formula is C27H35N5O7. The number of aliphatic imine (C=N–C) groups is 1. The first kappa shape index (κ1) is 29.5. The molecule has 2 unspecified atom stereocenters. The third kappa shape index (κ3) is 9.32. The maximum atomic E-state index is 12.7. The number of carbonyl (C=O) groups is 5. The summed E-state index contributed by atoms with van der Waals surface area (Å²) in [4.78, 5) is 65.2. The van der Waals surface area contributed by atoms with Gasteiger partial charge in [0.2, 0.25) is 23.6 Å². The Labute approximate surface area is 227 Å². The first-order valence-corrected chi connectivity index (χ1v) is 12.9. The molecule has 2 aliphatic rings. The number of epoxide rings is 1. The molecule has 0 spiro atoms. The van der Waals surface area contributed by atoms with Gasteiger partial charge < -0.3 is 30.3 Å². The molecule has 3 N–H and O–H groups in total. The van der Waals surface area contributed by atoms with Gasteiger partial charge in [0, 0.05) is 24.7 Å². The molecule has 1 saturated heterocycles. The van der Waals surface area contributed by atoms with Gasteiger partial charge in [0.05, 0.1) is 6.54 Å². The third-order valence-corrected chi connectivity index (χ3v) is 6.24. The van der Waals surface area contributed by atoms with Crippen LogP contribution in [-0.2, 0) is 35.3 Å². The predicted molar refractivity (Wildman–Crippen MR) is 143 cm³/mol. The minimum atomic E-state index is -0.779. The van der Waals surface area contributed by atoms with Gasteiger partial charge in [-0.25, -0.2) is 4.79 Å². The van der Waals surface area contributed by atoms with Crippen molar-refractivity contribution in [3.8, 4) is 0 Å². The first-order valence-electron chi connectivity index (χ1n) is 12.9. The van der Waals surface area contributed by atoms with Crippen molar-refractivity contribution in [2.75, 3.05) is 18.4 Å². The second-order valence-corrected chi connectivity index (χ2v) is 9.66. The van der Waals surface area contributed by atoms with Crippen LogP contribution >= 0.6 is 0 Å². The van der Waals surface area contributed by atoms with E-state index in [-0.39, 0.29) is 49.6 Å². The van der Waals surface area contributed by atoms with Crippen molar-refractivity contribution in [3.05, 3.63) is 42.0 Å². The molecular weight excluding hydrogens is 506 g/mol. The molecule has 3 rings (SSSR count). The van der Waals surface area contributed by atoms with Crippen LogP contribution in [0.5, 0.6) is 0 Å². The summed E-state index contributed by atoms with van der Waals surface area (Å²) in [6, 6.07) is 5.85. The van der Waals surface area contributed by atoms with E-state index in [0.717, 1.165) is 12.8 Å². The molecule has 0 bridgehead atoms. The van der Waals surface area contributed by atoms with Gasteiger partial charge in [0.1, 0.15) is 18.8 Å². The molecule has 1 aromatic rings. The molecule has 0 saturated carbocycles. The number of carbonyl (C=O) groups excluding carboxylic acids is 5. The number of nitrogens with one attached hydrogen (secondary N) is 3. The number of hydrogen-bond acceptors (Lipinski definition) is 7. The highest BCUT2D eigenvalue weighted by Crippen LogP contribution is 2.31. The third-order valence-electron chi connectivity index (χ3n) is 6.24. The van der Waals surface area contributed by atoms with Crippen LogP contribution in [0.15, 0.2) is 41.4 Å². The predicted octanol–water partition coefficient (Wildman–Crippen LogP) is 1.90. The van der Waals surface area contributed by atoms with Gasteiger partial charge >= 0.3 is 6.09 Å². The summed E-state index contributed by atoms with van der Waals surface area (Å²) in [5, 5.41) is 8.00. The minimum Gasteiger partial charge on any atom is -0.443 e. The summed E-state index contributed by atoms with van der Waals surface area (Å²) in [5.41, 5.74) is 1.21. The molecule has 1 fully saturated rings. The van der Waals surface area contributed by atoms with Gasteiger partial charge in [-0.3, -0.25) is 19.2 Å². The number of rotatable bonds is 14. The van der Waals surface area contributed by atoms with Crippen molar-refractivity contribution in [2.24, 2.45) is 10.9 Å². The zero-order valence-corrected chi connectivity index (χ0v) is 22.2. The highest BCUT2D eigenvalue weighted by Gasteiger charge is 2.46. The van der Waals surface area contributed by atoms with E-state index in [1.165, 1.54) is 6.08 Å². The zero-order valence-electron chi connectivity index (χ0n) is 22.2. The van der Waals surface area contributed by atoms with Crippen molar-refractivity contribution < 1.29 is 33.4 Å². The zero-order chi connectivity index (χ0) is 28.4. The Morgan fingerprint density at radius 3 is 2.54 bits per heavy atom. The smallest absolute Gasteiger partial charge is 0.433 e. The van der Waals surface area contributed by atoms with Gasteiger partial charge in [-0.2, -0.15) is 4.99 Å². The van der Waals surface area contributed by atoms with Crippen LogP contribution in [0.2, 0.25) is 0 Å². The van der Waals surface area contributed by atoms with Crippen molar-refractivity contribution in [3.63, 3.8) is 0 Å². The lowest BCUT2D eigenvalue weighted by Crippen LogP contribution is -2.51. The number of amides is 5. The number of unbranched alkanes of at least 4 members (excludes halogenated alkanes) is 2. The van der Waals surface area contributed by atoms with Gasteiger partial charge in [-0.1, -0.05) is 32.4 Å². The Hall–Kier alpha value is -4.06. The van der Waals surface area contributed by atoms with E-state index in [9.17, 15) is 24.0 Å². The Morgan fingerprint density at radius 2 is 1.85 bits per heavy atom. The number of benzene rings is 1. The second kappa shape index (κ2) is 14.2. The number of hydrogen-bond donors (Lipinski definition) is 3. The van der Waals surface area contributed by atoms with Crippen LogP contribution in [0.3, 0.4) is 0 Å². The SMILES string of the molecule is C=NC(=O)OCc1ccc(NC(=O)CNC(=O)[C@@H](NC(=O)CCCCCN2C(=O)C=CC3OC32)C(C)C)cc1. The van der Waals surface area contributed by atoms with E-state index in [1.54, 1.807) is 35.2 Å². The quantitative estimate of drug-likeness (QED) is 0.184. The average molecular weight is 542 g/mol. The molecule has 210 valence electrons. The fourth-order valence-electron chi connectivity index (χ4n) is 4.03. The molecule has 0 radical (unpaired) electrons. The summed E-state index contributed by atoms with van der Waals surface area (Å²) in [5.74, 6) is -1.36. The van der Waals surface area contributed by atoms with E-state index >= 15 is 0 Å². The Bertz CT molecular complexity index is 1100. The Kier molecular flexibility index (Phi) is 10.7. The fourth-order valence-corrected chi connectivity index (χ4v) is 4.03. The maximum Gasteiger partial charge on any atom is 0.433 e. The molecule has 3 atom stereocenters. The Balaban J connectivity index is 1.33. The molecule has 1 aromatic carbocycles. The molecule has 12 nitrogen and oxygen atoms in total. The van der Waals surface area contributed by atoms with Crippen LogP contribution in [0.4, 0.5) is 10.5 Å². The van der Waals surface area contributed by atoms with Gasteiger partial charge in [0.25, 0.3) is 0 Å². The van der Waals surface area contributed by atoms with Crippen molar-refractivity contribution in [1.82, 2.24) is 15.5 Å². The van der Waals surface area contributed by atoms with Crippen LogP contribution in [0.25, 0.3) is 0 Å². The summed E-state index contributed by atoms with van der Waals surface area (Å²) < 4.78 is 10.2. The monoisotopic (exact) mass is 541 g/mol. The first-order chi connectivity index (χ1) is 18.7. The molecule has 0 aliphatic carbocycles. The number of fused-ring (bicyclic) bond motifs is 1. The lowest BCUT2D eigenvalue weighted by molar-refractivity contribution is -0.130. The lowest BCUT2D eigenvalue weighted by atomic mass is 10.0. The topological polar surface area (TPSA) is 159 Å². The Morgan fingerprint density at radius 1 is 1.10 bits per heavy atom. The average Bonchev–Trinajstić information content (AvgIpc) is 3.70. The minimum absolute atomic E-state index is 0.0188. The molecule has 12 heteroatoms. The fraction of sp³-hybridized carbons (Fsp3) is 0.481. The van der Waals surface area contributed by atoms with Crippen LogP contribution in [-0.4, -0.2) is 72.8 Å². The summed E-state index contributed by atoms with van der Waals surface area (Å²) in [7, 11) is 0. The lowest BCUT2D eigenvalue weighted by Gasteiger charge is -2.22. The molecule has 5 amide bonds. The number of anilines is 1. The van der Waals surface area contributed by atoms with Gasteiger partial charge in [0.15, 0.2) is 6.23 Å². The standard InChI is InChI=1S/C27H35N5O7/c1-17(2)24(31-21(33)7-5-4-6-14-32-23(35)13-12-20-26(32)39-20)25(36)29-15-22(34)30-19-10-8-18(9-11-19)16-38-27(37)28-3/h8-13,17,20,24,26H,3-7,14-16H2,1-2H3,(H,29,36)(H,30,34)(H,31,33)/t20?,24-,26?/m0/s1. The van der Waals surface area contributed by atoms with E-state index in [1.807, 2.05) is 13.8 Å². The van der Waals surface area contributed by atoms with Crippen molar-refractivity contribution in [2.45, 2.75) is 64.5 Å². The highest BCUT2D eigenvalue weighted by molar-refractivity contribution is 5.96. The van der Waals surface area contributed by atoms with Gasteiger partial charge in [-0.05, 0) is 49.2 Å². The maximum absolute atomic E-state index is 12.7. The number of nitrogens with zero attached hydrogens (tertiary/aromatic N) is 2. The summed E-state index contributed by atoms with van der Waals surface area (Å²) >= 11 is 0. The van der Waals surface area contributed by atoms with E-state index in [0.29, 0.717) is 24.2 Å². The van der Waals surface area contributed by atoms with Gasteiger partial charge in [-0.15, -0.1) is 0 Å². The van der Waals surface area contributed by atoms with Crippen LogP contribution < -0.4 is 16.0 Å². The van der Waals surface area contributed by atoms with E-state index < -0.39 is 23.9 Å². The highest BCUT2D eigenvalue weighted by atomic mass is 16.6. The summed E-state index contributed by atoms with van der Waals surface area (Å²) in [6.07, 6.45) is 4.81. The van der Waals surface area contributed by atoms with Crippen LogP contribution in [0.1, 0.15) is 45.1 Å². The van der Waals surface area contributed by atoms with E-state index in [4.69, 9.17) is 9.47 Å². The van der Waals surface area contributed by atoms with Crippen molar-refractivity contribution >= 4 is 42.1 Å². The summed E-state index contributed by atoms with van der Waals surface area (Å²) in [6.45, 7) is 7.05. The normalized spacial score (nSPS) is 18.1. The van der Waals surface area contributed by atoms with Crippen molar-refractivity contribution in [1.29, 1.82) is 0 Å². The molecule has 2 aliphatic heterocycles. The largest absolute Gasteiger partial charge is 0.443 e. The molecule has 0 aromatic heterocycles.